The van der Waals surface area contributed by atoms with Gasteiger partial charge >= 0.3 is 6.03 Å². The summed E-state index contributed by atoms with van der Waals surface area (Å²) < 4.78 is 0. The summed E-state index contributed by atoms with van der Waals surface area (Å²) in [6, 6.07) is 9.67. The van der Waals surface area contributed by atoms with Crippen LogP contribution in [0, 0.1) is 12.8 Å². The van der Waals surface area contributed by atoms with E-state index in [4.69, 9.17) is 0 Å². The average molecular weight is 330 g/mol. The van der Waals surface area contributed by atoms with E-state index in [0.29, 0.717) is 6.04 Å². The van der Waals surface area contributed by atoms with Gasteiger partial charge in [0.05, 0.1) is 18.6 Å². The minimum absolute atomic E-state index is 0.0593. The van der Waals surface area contributed by atoms with E-state index in [-0.39, 0.29) is 6.03 Å². The van der Waals surface area contributed by atoms with Crippen LogP contribution in [-0.4, -0.2) is 30.7 Å². The number of carbonyl (C=O) groups is 1. The number of carbonyl (C=O) groups excluding carboxylic acids is 1. The fourth-order valence-corrected chi connectivity index (χ4v) is 4.63. The molecule has 2 amide bonds. The zero-order chi connectivity index (χ0) is 17.1. The molecule has 0 spiro atoms. The number of nitrogens with one attached hydrogen (secondary N) is 3. The molecule has 2 heterocycles. The van der Waals surface area contributed by atoms with Crippen molar-refractivity contribution >= 4 is 11.7 Å². The first-order valence-electron chi connectivity index (χ1n) is 9.51. The van der Waals surface area contributed by atoms with Gasteiger partial charge in [-0.2, -0.15) is 0 Å². The average Bonchev–Trinajstić information content (AvgIpc) is 2.47. The Kier molecular flexibility index (Phi) is 5.44. The summed E-state index contributed by atoms with van der Waals surface area (Å²) in [6.07, 6.45) is 6.24. The van der Waals surface area contributed by atoms with Crippen LogP contribution in [-0.2, 0) is 0 Å². The Balaban J connectivity index is 1.56. The van der Waals surface area contributed by atoms with Gasteiger partial charge < -0.3 is 15.5 Å². The van der Waals surface area contributed by atoms with Crippen molar-refractivity contribution in [1.29, 1.82) is 0 Å². The molecule has 24 heavy (non-hydrogen) atoms. The van der Waals surface area contributed by atoms with Gasteiger partial charge in [0.2, 0.25) is 0 Å². The van der Waals surface area contributed by atoms with Crippen molar-refractivity contribution in [2.45, 2.75) is 71.0 Å². The van der Waals surface area contributed by atoms with Crippen LogP contribution in [0.3, 0.4) is 0 Å². The highest BCUT2D eigenvalue weighted by Gasteiger charge is 2.42. The third-order valence-corrected chi connectivity index (χ3v) is 5.55. The van der Waals surface area contributed by atoms with E-state index in [1.807, 2.05) is 31.2 Å². The van der Waals surface area contributed by atoms with E-state index >= 15 is 0 Å². The first-order chi connectivity index (χ1) is 11.5. The molecule has 0 saturated carbocycles. The summed E-state index contributed by atoms with van der Waals surface area (Å²) in [5, 5.41) is 6.21. The lowest BCUT2D eigenvalue weighted by atomic mass is 9.81. The second kappa shape index (κ2) is 7.56. The fourth-order valence-electron chi connectivity index (χ4n) is 4.63. The standard InChI is InChI=1S/C20H31N3O/c1-14(2)13-23-18-8-5-9-19(23)12-17(11-18)22-20(24)21-16-7-4-6-15(3)10-16/h4,6-7,10,14,17-19H,5,8-9,11-13H2,1-3H3,(H2,21,22,24)/p+1/t18-,19-/m1/s1. The normalized spacial score (nSPS) is 29.3. The lowest BCUT2D eigenvalue weighted by molar-refractivity contribution is -0.963. The molecule has 0 aromatic heterocycles. The van der Waals surface area contributed by atoms with Crippen molar-refractivity contribution in [2.75, 3.05) is 11.9 Å². The monoisotopic (exact) mass is 330 g/mol. The lowest BCUT2D eigenvalue weighted by Crippen LogP contribution is -3.21. The van der Waals surface area contributed by atoms with Gasteiger partial charge in [-0.3, -0.25) is 0 Å². The van der Waals surface area contributed by atoms with Crippen molar-refractivity contribution in [3.05, 3.63) is 29.8 Å². The van der Waals surface area contributed by atoms with Crippen LogP contribution in [0.2, 0.25) is 0 Å². The van der Waals surface area contributed by atoms with Gasteiger partial charge in [0.15, 0.2) is 0 Å². The predicted molar refractivity (Wildman–Crippen MR) is 98.5 cm³/mol. The minimum atomic E-state index is -0.0593. The third-order valence-electron chi connectivity index (χ3n) is 5.55. The Hall–Kier alpha value is -1.55. The Morgan fingerprint density at radius 3 is 2.58 bits per heavy atom. The van der Waals surface area contributed by atoms with Gasteiger partial charge in [0.1, 0.15) is 0 Å². The highest BCUT2D eigenvalue weighted by molar-refractivity contribution is 5.89. The number of hydrogen-bond donors (Lipinski definition) is 3. The molecule has 2 atom stereocenters. The molecule has 2 bridgehead atoms. The van der Waals surface area contributed by atoms with Crippen LogP contribution >= 0.6 is 0 Å². The Bertz CT molecular complexity index is 558. The maximum atomic E-state index is 12.3. The van der Waals surface area contributed by atoms with Gasteiger partial charge in [-0.25, -0.2) is 4.79 Å². The van der Waals surface area contributed by atoms with Gasteiger partial charge in [-0.1, -0.05) is 26.0 Å². The van der Waals surface area contributed by atoms with E-state index in [1.165, 1.54) is 25.8 Å². The summed E-state index contributed by atoms with van der Waals surface area (Å²) in [4.78, 5) is 14.1. The fraction of sp³-hybridized carbons (Fsp3) is 0.650. The van der Waals surface area contributed by atoms with Crippen LogP contribution < -0.4 is 15.5 Å². The van der Waals surface area contributed by atoms with Gasteiger partial charge in [-0.15, -0.1) is 0 Å². The van der Waals surface area contributed by atoms with E-state index in [9.17, 15) is 4.79 Å². The summed E-state index contributed by atoms with van der Waals surface area (Å²) >= 11 is 0. The second-order valence-electron chi connectivity index (χ2n) is 8.13. The Labute approximate surface area is 146 Å². The van der Waals surface area contributed by atoms with Crippen LogP contribution in [0.1, 0.15) is 51.5 Å². The molecule has 4 nitrogen and oxygen atoms in total. The molecule has 4 heteroatoms. The maximum absolute atomic E-state index is 12.3. The lowest BCUT2D eigenvalue weighted by Gasteiger charge is -2.46. The number of quaternary nitrogens is 1. The molecule has 2 fully saturated rings. The van der Waals surface area contributed by atoms with E-state index in [0.717, 1.165) is 42.1 Å². The van der Waals surface area contributed by atoms with Crippen molar-refractivity contribution in [3.63, 3.8) is 0 Å². The molecule has 1 aromatic rings. The van der Waals surface area contributed by atoms with Crippen molar-refractivity contribution in [1.82, 2.24) is 5.32 Å². The van der Waals surface area contributed by atoms with Gasteiger partial charge in [0.25, 0.3) is 0 Å². The number of aryl methyl sites for hydroxylation is 1. The van der Waals surface area contributed by atoms with Crippen molar-refractivity contribution < 1.29 is 9.69 Å². The molecule has 1 aromatic carbocycles. The van der Waals surface area contributed by atoms with E-state index in [2.05, 4.69) is 24.5 Å². The Morgan fingerprint density at radius 2 is 1.96 bits per heavy atom. The smallest absolute Gasteiger partial charge is 0.319 e. The van der Waals surface area contributed by atoms with Crippen LogP contribution in [0.4, 0.5) is 10.5 Å². The Morgan fingerprint density at radius 1 is 1.25 bits per heavy atom. The largest absolute Gasteiger partial charge is 0.335 e. The molecule has 0 aliphatic carbocycles. The summed E-state index contributed by atoms with van der Waals surface area (Å²) in [5.74, 6) is 0.747. The van der Waals surface area contributed by atoms with E-state index < -0.39 is 0 Å². The summed E-state index contributed by atoms with van der Waals surface area (Å²) in [7, 11) is 0. The zero-order valence-corrected chi connectivity index (χ0v) is 15.3. The van der Waals surface area contributed by atoms with Crippen molar-refractivity contribution in [3.8, 4) is 0 Å². The molecular weight excluding hydrogens is 298 g/mol. The number of hydrogen-bond acceptors (Lipinski definition) is 1. The molecule has 2 aliphatic heterocycles. The molecule has 3 N–H and O–H groups in total. The topological polar surface area (TPSA) is 45.6 Å². The molecule has 0 radical (unpaired) electrons. The van der Waals surface area contributed by atoms with Crippen LogP contribution in [0.5, 0.6) is 0 Å². The number of benzene rings is 1. The number of fused-ring (bicyclic) bond motifs is 2. The third kappa shape index (κ3) is 4.29. The van der Waals surface area contributed by atoms with Crippen LogP contribution in [0.15, 0.2) is 24.3 Å². The quantitative estimate of drug-likeness (QED) is 0.781. The molecule has 2 saturated heterocycles. The zero-order valence-electron chi connectivity index (χ0n) is 15.3. The molecule has 2 aliphatic rings. The number of anilines is 1. The molecular formula is C20H32N3O+. The second-order valence-corrected chi connectivity index (χ2v) is 8.13. The maximum Gasteiger partial charge on any atom is 0.319 e. The number of amides is 2. The van der Waals surface area contributed by atoms with Gasteiger partial charge in [0, 0.05) is 30.5 Å². The molecule has 132 valence electrons. The number of urea groups is 1. The summed E-state index contributed by atoms with van der Waals surface area (Å²) in [5.41, 5.74) is 2.03. The van der Waals surface area contributed by atoms with Crippen LogP contribution in [0.25, 0.3) is 0 Å². The van der Waals surface area contributed by atoms with E-state index in [1.54, 1.807) is 4.90 Å². The molecule has 0 unspecified atom stereocenters. The first-order valence-corrected chi connectivity index (χ1v) is 9.51. The highest BCUT2D eigenvalue weighted by atomic mass is 16.2. The predicted octanol–water partition coefficient (Wildman–Crippen LogP) is 2.74. The minimum Gasteiger partial charge on any atom is -0.335 e. The van der Waals surface area contributed by atoms with Crippen molar-refractivity contribution in [2.24, 2.45) is 5.92 Å². The summed E-state index contributed by atoms with van der Waals surface area (Å²) in [6.45, 7) is 7.96. The first kappa shape index (κ1) is 17.3. The number of rotatable bonds is 4. The number of piperidine rings is 2. The molecule has 3 rings (SSSR count). The SMILES string of the molecule is Cc1cccc(NC(=O)NC2C[C@H]3CCC[C@H](C2)[NH+]3CC(C)C)c1. The van der Waals surface area contributed by atoms with Gasteiger partial charge in [-0.05, 0) is 43.9 Å². The highest BCUT2D eigenvalue weighted by Crippen LogP contribution is 2.22.